The maximum atomic E-state index is 11.5. The van der Waals surface area contributed by atoms with Crippen LogP contribution in [0.1, 0.15) is 12.0 Å². The van der Waals surface area contributed by atoms with E-state index in [0.717, 1.165) is 12.0 Å². The van der Waals surface area contributed by atoms with Gasteiger partial charge in [-0.15, -0.1) is 5.10 Å². The van der Waals surface area contributed by atoms with Crippen molar-refractivity contribution in [2.75, 3.05) is 28.7 Å². The molecule has 2 aromatic rings. The lowest BCUT2D eigenvalue weighted by atomic mass is 10.1. The minimum Gasteiger partial charge on any atom is -0.365 e. The van der Waals surface area contributed by atoms with E-state index in [1.807, 2.05) is 24.3 Å². The van der Waals surface area contributed by atoms with E-state index in [2.05, 4.69) is 25.8 Å². The molecular weight excluding hydrogens is 350 g/mol. The van der Waals surface area contributed by atoms with Crippen LogP contribution in [0.25, 0.3) is 0 Å². The molecule has 0 saturated carbocycles. The first-order chi connectivity index (χ1) is 11.5. The standard InChI is InChI=1S/C15H18ClN5O2S/c16-12-3-1-11(2-4-12)5-7-17-15-20-14(9-18-21-15)19-13-6-8-24(22,23)10-13/h1-4,9,13H,5-8,10H2,(H2,17,19,20,21). The molecule has 2 N–H and O–H groups in total. The Morgan fingerprint density at radius 1 is 1.25 bits per heavy atom. The van der Waals surface area contributed by atoms with Crippen LogP contribution >= 0.6 is 11.6 Å². The van der Waals surface area contributed by atoms with Crippen LogP contribution < -0.4 is 10.6 Å². The first-order valence-corrected chi connectivity index (χ1v) is 9.85. The van der Waals surface area contributed by atoms with E-state index in [1.165, 1.54) is 6.20 Å². The number of hydrogen-bond donors (Lipinski definition) is 2. The highest BCUT2D eigenvalue weighted by molar-refractivity contribution is 7.91. The van der Waals surface area contributed by atoms with E-state index in [0.29, 0.717) is 29.8 Å². The van der Waals surface area contributed by atoms with Gasteiger partial charge in [0.1, 0.15) is 0 Å². The highest BCUT2D eigenvalue weighted by Gasteiger charge is 2.28. The van der Waals surface area contributed by atoms with Crippen molar-refractivity contribution in [1.82, 2.24) is 15.2 Å². The van der Waals surface area contributed by atoms with Gasteiger partial charge >= 0.3 is 0 Å². The molecule has 1 atom stereocenters. The number of aromatic nitrogens is 3. The second-order valence-corrected chi connectivity index (χ2v) is 8.38. The fourth-order valence-electron chi connectivity index (χ4n) is 2.54. The smallest absolute Gasteiger partial charge is 0.244 e. The number of benzene rings is 1. The topological polar surface area (TPSA) is 96.9 Å². The summed E-state index contributed by atoms with van der Waals surface area (Å²) in [4.78, 5) is 4.32. The summed E-state index contributed by atoms with van der Waals surface area (Å²) in [6, 6.07) is 7.54. The summed E-state index contributed by atoms with van der Waals surface area (Å²) in [6.45, 7) is 0.657. The molecule has 24 heavy (non-hydrogen) atoms. The van der Waals surface area contributed by atoms with Crippen molar-refractivity contribution in [3.05, 3.63) is 41.0 Å². The Kier molecular flexibility index (Phi) is 5.15. The van der Waals surface area contributed by atoms with Gasteiger partial charge in [-0.2, -0.15) is 10.1 Å². The molecule has 9 heteroatoms. The van der Waals surface area contributed by atoms with E-state index in [1.54, 1.807) is 0 Å². The lowest BCUT2D eigenvalue weighted by molar-refractivity contribution is 0.602. The Hall–Kier alpha value is -1.93. The molecule has 0 amide bonds. The summed E-state index contributed by atoms with van der Waals surface area (Å²) in [5, 5.41) is 14.8. The van der Waals surface area contributed by atoms with Crippen molar-refractivity contribution in [3.8, 4) is 0 Å². The molecule has 0 spiro atoms. The Labute approximate surface area is 145 Å². The summed E-state index contributed by atoms with van der Waals surface area (Å²) < 4.78 is 23.0. The molecule has 1 aliphatic rings. The number of hydrogen-bond acceptors (Lipinski definition) is 7. The molecule has 1 aromatic carbocycles. The molecule has 1 unspecified atom stereocenters. The van der Waals surface area contributed by atoms with Crippen molar-refractivity contribution in [2.45, 2.75) is 18.9 Å². The third-order valence-corrected chi connectivity index (χ3v) is 5.77. The van der Waals surface area contributed by atoms with Gasteiger partial charge < -0.3 is 10.6 Å². The largest absolute Gasteiger partial charge is 0.365 e. The molecule has 128 valence electrons. The van der Waals surface area contributed by atoms with E-state index < -0.39 is 9.84 Å². The van der Waals surface area contributed by atoms with Crippen molar-refractivity contribution >= 4 is 33.2 Å². The van der Waals surface area contributed by atoms with Crippen LogP contribution in [0.3, 0.4) is 0 Å². The van der Waals surface area contributed by atoms with Crippen molar-refractivity contribution in [1.29, 1.82) is 0 Å². The first-order valence-electron chi connectivity index (χ1n) is 7.65. The van der Waals surface area contributed by atoms with Gasteiger partial charge in [0.2, 0.25) is 5.95 Å². The van der Waals surface area contributed by atoms with Gasteiger partial charge in [-0.25, -0.2) is 8.42 Å². The molecular formula is C15H18ClN5O2S. The molecule has 1 fully saturated rings. The van der Waals surface area contributed by atoms with Gasteiger partial charge in [0.15, 0.2) is 15.7 Å². The molecule has 1 aliphatic heterocycles. The molecule has 0 radical (unpaired) electrons. The van der Waals surface area contributed by atoms with E-state index in [-0.39, 0.29) is 17.5 Å². The Bertz CT molecular complexity index is 798. The SMILES string of the molecule is O=S1(=O)CCC(Nc2cnnc(NCCc3ccc(Cl)cc3)n2)C1. The Morgan fingerprint density at radius 3 is 2.75 bits per heavy atom. The van der Waals surface area contributed by atoms with E-state index in [4.69, 9.17) is 11.6 Å². The lowest BCUT2D eigenvalue weighted by Gasteiger charge is -2.11. The van der Waals surface area contributed by atoms with E-state index >= 15 is 0 Å². The molecule has 2 heterocycles. The third-order valence-electron chi connectivity index (χ3n) is 3.75. The van der Waals surface area contributed by atoms with Crippen LogP contribution in [0.5, 0.6) is 0 Å². The summed E-state index contributed by atoms with van der Waals surface area (Å²) in [7, 11) is -2.92. The average molecular weight is 368 g/mol. The number of nitrogens with one attached hydrogen (secondary N) is 2. The van der Waals surface area contributed by atoms with Crippen molar-refractivity contribution < 1.29 is 8.42 Å². The predicted molar refractivity (Wildman–Crippen MR) is 94.2 cm³/mol. The van der Waals surface area contributed by atoms with Crippen LogP contribution in [0.2, 0.25) is 5.02 Å². The van der Waals surface area contributed by atoms with Gasteiger partial charge in [0.05, 0.1) is 17.7 Å². The zero-order chi connectivity index (χ0) is 17.0. The number of anilines is 2. The minimum atomic E-state index is -2.92. The zero-order valence-corrected chi connectivity index (χ0v) is 14.5. The van der Waals surface area contributed by atoms with Gasteiger partial charge in [-0.05, 0) is 30.5 Å². The van der Waals surface area contributed by atoms with Crippen molar-refractivity contribution in [3.63, 3.8) is 0 Å². The highest BCUT2D eigenvalue weighted by atomic mass is 35.5. The summed E-state index contributed by atoms with van der Waals surface area (Å²) in [6.07, 6.45) is 2.89. The number of halogens is 1. The molecule has 0 bridgehead atoms. The third kappa shape index (κ3) is 4.78. The van der Waals surface area contributed by atoms with Crippen LogP contribution in [0.15, 0.2) is 30.5 Å². The number of sulfone groups is 1. The van der Waals surface area contributed by atoms with Crippen LogP contribution in [-0.4, -0.2) is 47.7 Å². The van der Waals surface area contributed by atoms with Crippen LogP contribution in [0, 0.1) is 0 Å². The quantitative estimate of drug-likeness (QED) is 0.803. The maximum Gasteiger partial charge on any atom is 0.244 e. The first kappa shape index (κ1) is 16.9. The van der Waals surface area contributed by atoms with Crippen LogP contribution in [0.4, 0.5) is 11.8 Å². The van der Waals surface area contributed by atoms with Gasteiger partial charge in [0.25, 0.3) is 0 Å². The lowest BCUT2D eigenvalue weighted by Crippen LogP contribution is -2.22. The summed E-state index contributed by atoms with van der Waals surface area (Å²) in [5.41, 5.74) is 1.16. The van der Waals surface area contributed by atoms with E-state index in [9.17, 15) is 8.42 Å². The average Bonchev–Trinajstić information content (AvgIpc) is 2.88. The fraction of sp³-hybridized carbons (Fsp3) is 0.400. The zero-order valence-electron chi connectivity index (χ0n) is 12.9. The molecule has 3 rings (SSSR count). The highest BCUT2D eigenvalue weighted by Crippen LogP contribution is 2.16. The molecule has 0 aliphatic carbocycles. The second kappa shape index (κ2) is 7.31. The predicted octanol–water partition coefficient (Wildman–Crippen LogP) is 1.78. The summed E-state index contributed by atoms with van der Waals surface area (Å²) in [5.74, 6) is 1.29. The molecule has 1 aromatic heterocycles. The number of nitrogens with zero attached hydrogens (tertiary/aromatic N) is 3. The van der Waals surface area contributed by atoms with Gasteiger partial charge in [-0.1, -0.05) is 23.7 Å². The normalized spacial score (nSPS) is 19.1. The molecule has 7 nitrogen and oxygen atoms in total. The minimum absolute atomic E-state index is 0.117. The monoisotopic (exact) mass is 367 g/mol. The van der Waals surface area contributed by atoms with Gasteiger partial charge in [0, 0.05) is 17.6 Å². The number of rotatable bonds is 6. The maximum absolute atomic E-state index is 11.5. The van der Waals surface area contributed by atoms with Gasteiger partial charge in [-0.3, -0.25) is 0 Å². The Morgan fingerprint density at radius 2 is 2.04 bits per heavy atom. The summed E-state index contributed by atoms with van der Waals surface area (Å²) >= 11 is 5.86. The second-order valence-electron chi connectivity index (χ2n) is 5.71. The van der Waals surface area contributed by atoms with Crippen LogP contribution in [-0.2, 0) is 16.3 Å². The Balaban J connectivity index is 1.52. The van der Waals surface area contributed by atoms with Crippen molar-refractivity contribution in [2.24, 2.45) is 0 Å². The fourth-order valence-corrected chi connectivity index (χ4v) is 4.34. The molecule has 1 saturated heterocycles.